The Labute approximate surface area is 109 Å². The zero-order valence-electron chi connectivity index (χ0n) is 11.4. The minimum Gasteiger partial charge on any atom is -0.469 e. The summed E-state index contributed by atoms with van der Waals surface area (Å²) in [5.74, 6) is -0.0785. The van der Waals surface area contributed by atoms with Gasteiger partial charge in [0, 0.05) is 20.0 Å². The maximum atomic E-state index is 12.1. The van der Waals surface area contributed by atoms with Crippen LogP contribution in [0, 0.1) is 0 Å². The average Bonchev–Trinajstić information content (AvgIpc) is 2.66. The molecule has 1 rings (SSSR count). The minimum atomic E-state index is -0.219. The number of methoxy groups -OCH3 is 1. The SMILES string of the molecule is COC(=O)CCCN(C)C(=O)C1CCCCCN1. The van der Waals surface area contributed by atoms with E-state index in [9.17, 15) is 9.59 Å². The van der Waals surface area contributed by atoms with Crippen LogP contribution in [0.3, 0.4) is 0 Å². The molecule has 18 heavy (non-hydrogen) atoms. The van der Waals surface area contributed by atoms with E-state index < -0.39 is 0 Å². The van der Waals surface area contributed by atoms with E-state index in [0.29, 0.717) is 19.4 Å². The van der Waals surface area contributed by atoms with E-state index in [4.69, 9.17) is 0 Å². The van der Waals surface area contributed by atoms with Gasteiger partial charge in [-0.1, -0.05) is 12.8 Å². The summed E-state index contributed by atoms with van der Waals surface area (Å²) in [7, 11) is 3.18. The number of carbonyl (C=O) groups excluding carboxylic acids is 2. The van der Waals surface area contributed by atoms with Crippen LogP contribution in [0.5, 0.6) is 0 Å². The number of ether oxygens (including phenoxy) is 1. The maximum absolute atomic E-state index is 12.1. The Kier molecular flexibility index (Phi) is 6.72. The standard InChI is InChI=1S/C13H24N2O3/c1-15(10-6-8-12(16)18-2)13(17)11-7-4-3-5-9-14-11/h11,14H,3-10H2,1-2H3. The summed E-state index contributed by atoms with van der Waals surface area (Å²) >= 11 is 0. The molecule has 1 fully saturated rings. The largest absolute Gasteiger partial charge is 0.469 e. The van der Waals surface area contributed by atoms with Gasteiger partial charge in [-0.25, -0.2) is 0 Å². The normalized spacial score (nSPS) is 20.0. The maximum Gasteiger partial charge on any atom is 0.305 e. The van der Waals surface area contributed by atoms with Gasteiger partial charge < -0.3 is 15.0 Å². The highest BCUT2D eigenvalue weighted by atomic mass is 16.5. The van der Waals surface area contributed by atoms with Crippen molar-refractivity contribution >= 4 is 11.9 Å². The molecule has 0 radical (unpaired) electrons. The van der Waals surface area contributed by atoms with Crippen molar-refractivity contribution in [1.29, 1.82) is 0 Å². The molecule has 5 heteroatoms. The molecule has 1 heterocycles. The van der Waals surface area contributed by atoms with Crippen LogP contribution in [0.4, 0.5) is 0 Å². The van der Waals surface area contributed by atoms with Crippen molar-refractivity contribution in [2.24, 2.45) is 0 Å². The zero-order valence-corrected chi connectivity index (χ0v) is 11.4. The number of nitrogens with one attached hydrogen (secondary N) is 1. The average molecular weight is 256 g/mol. The Morgan fingerprint density at radius 3 is 2.83 bits per heavy atom. The number of amides is 1. The zero-order chi connectivity index (χ0) is 13.4. The molecule has 0 aromatic carbocycles. The first kappa shape index (κ1) is 15.0. The fourth-order valence-electron chi connectivity index (χ4n) is 2.18. The predicted molar refractivity (Wildman–Crippen MR) is 69.1 cm³/mol. The second-order valence-electron chi connectivity index (χ2n) is 4.80. The van der Waals surface area contributed by atoms with Crippen molar-refractivity contribution < 1.29 is 14.3 Å². The summed E-state index contributed by atoms with van der Waals surface area (Å²) in [6, 6.07) is -0.0457. The molecular formula is C13H24N2O3. The predicted octanol–water partition coefficient (Wildman–Crippen LogP) is 0.930. The number of esters is 1. The molecule has 104 valence electrons. The van der Waals surface area contributed by atoms with Crippen LogP contribution < -0.4 is 5.32 Å². The number of hydrogen-bond acceptors (Lipinski definition) is 4. The summed E-state index contributed by atoms with van der Waals surface area (Å²) in [5.41, 5.74) is 0. The second-order valence-corrected chi connectivity index (χ2v) is 4.80. The quantitative estimate of drug-likeness (QED) is 0.743. The van der Waals surface area contributed by atoms with Gasteiger partial charge in [0.25, 0.3) is 0 Å². The first-order chi connectivity index (χ1) is 8.65. The summed E-state index contributed by atoms with van der Waals surface area (Å²) in [6.07, 6.45) is 5.39. The number of hydrogen-bond donors (Lipinski definition) is 1. The molecule has 0 aromatic rings. The Bertz CT molecular complexity index is 273. The fourth-order valence-corrected chi connectivity index (χ4v) is 2.18. The van der Waals surface area contributed by atoms with Crippen molar-refractivity contribution in [3.8, 4) is 0 Å². The summed E-state index contributed by atoms with van der Waals surface area (Å²) in [4.78, 5) is 24.8. The highest BCUT2D eigenvalue weighted by Crippen LogP contribution is 2.10. The van der Waals surface area contributed by atoms with E-state index in [1.807, 2.05) is 0 Å². The van der Waals surface area contributed by atoms with Gasteiger partial charge in [0.2, 0.25) is 5.91 Å². The topological polar surface area (TPSA) is 58.6 Å². The molecule has 1 aliphatic heterocycles. The Hall–Kier alpha value is -1.10. The van der Waals surface area contributed by atoms with Crippen LogP contribution in [-0.4, -0.2) is 50.1 Å². The number of nitrogens with zero attached hydrogens (tertiary/aromatic N) is 1. The van der Waals surface area contributed by atoms with E-state index in [-0.39, 0.29) is 17.9 Å². The highest BCUT2D eigenvalue weighted by Gasteiger charge is 2.22. The molecular weight excluding hydrogens is 232 g/mol. The molecule has 5 nitrogen and oxygen atoms in total. The lowest BCUT2D eigenvalue weighted by Crippen LogP contribution is -2.44. The molecule has 0 aromatic heterocycles. The van der Waals surface area contributed by atoms with Gasteiger partial charge in [-0.2, -0.15) is 0 Å². The lowest BCUT2D eigenvalue weighted by molar-refractivity contribution is -0.141. The summed E-state index contributed by atoms with van der Waals surface area (Å²) < 4.78 is 4.57. The van der Waals surface area contributed by atoms with Crippen LogP contribution in [0.2, 0.25) is 0 Å². The van der Waals surface area contributed by atoms with Crippen molar-refractivity contribution in [1.82, 2.24) is 10.2 Å². The molecule has 1 atom stereocenters. The van der Waals surface area contributed by atoms with E-state index in [1.54, 1.807) is 11.9 Å². The fraction of sp³-hybridized carbons (Fsp3) is 0.846. The van der Waals surface area contributed by atoms with Crippen molar-refractivity contribution in [2.45, 2.75) is 44.6 Å². The molecule has 0 spiro atoms. The monoisotopic (exact) mass is 256 g/mol. The molecule has 1 saturated heterocycles. The lowest BCUT2D eigenvalue weighted by atomic mass is 10.1. The van der Waals surface area contributed by atoms with Gasteiger partial charge >= 0.3 is 5.97 Å². The third kappa shape index (κ3) is 5.04. The van der Waals surface area contributed by atoms with Crippen LogP contribution in [0.25, 0.3) is 0 Å². The Morgan fingerprint density at radius 1 is 1.33 bits per heavy atom. The van der Waals surface area contributed by atoms with Crippen LogP contribution >= 0.6 is 0 Å². The van der Waals surface area contributed by atoms with E-state index in [0.717, 1.165) is 25.8 Å². The summed E-state index contributed by atoms with van der Waals surface area (Å²) in [6.45, 7) is 1.53. The van der Waals surface area contributed by atoms with Crippen LogP contribution in [-0.2, 0) is 14.3 Å². The molecule has 1 aliphatic rings. The van der Waals surface area contributed by atoms with E-state index in [2.05, 4.69) is 10.1 Å². The van der Waals surface area contributed by atoms with Gasteiger partial charge in [0.05, 0.1) is 13.2 Å². The van der Waals surface area contributed by atoms with Crippen LogP contribution in [0.15, 0.2) is 0 Å². The van der Waals surface area contributed by atoms with Crippen molar-refractivity contribution in [2.75, 3.05) is 27.2 Å². The van der Waals surface area contributed by atoms with Crippen molar-refractivity contribution in [3.63, 3.8) is 0 Å². The molecule has 1 amide bonds. The third-order valence-corrected chi connectivity index (χ3v) is 3.34. The third-order valence-electron chi connectivity index (χ3n) is 3.34. The first-order valence-electron chi connectivity index (χ1n) is 6.70. The smallest absolute Gasteiger partial charge is 0.305 e. The second kappa shape index (κ2) is 8.08. The number of carbonyl (C=O) groups is 2. The molecule has 1 unspecified atom stereocenters. The summed E-state index contributed by atoms with van der Waals surface area (Å²) in [5, 5.41) is 3.29. The molecule has 0 saturated carbocycles. The van der Waals surface area contributed by atoms with Crippen LogP contribution in [0.1, 0.15) is 38.5 Å². The first-order valence-corrected chi connectivity index (χ1v) is 6.70. The molecule has 1 N–H and O–H groups in total. The van der Waals surface area contributed by atoms with Gasteiger partial charge in [-0.05, 0) is 25.8 Å². The van der Waals surface area contributed by atoms with E-state index >= 15 is 0 Å². The van der Waals surface area contributed by atoms with Crippen molar-refractivity contribution in [3.05, 3.63) is 0 Å². The van der Waals surface area contributed by atoms with E-state index in [1.165, 1.54) is 13.5 Å². The van der Waals surface area contributed by atoms with Gasteiger partial charge in [-0.15, -0.1) is 0 Å². The lowest BCUT2D eigenvalue weighted by Gasteiger charge is -2.23. The molecule has 0 bridgehead atoms. The number of likely N-dealkylation sites (N-methyl/N-ethyl adjacent to an activating group) is 1. The molecule has 0 aliphatic carbocycles. The van der Waals surface area contributed by atoms with Gasteiger partial charge in [0.1, 0.15) is 0 Å². The Morgan fingerprint density at radius 2 is 2.11 bits per heavy atom. The van der Waals surface area contributed by atoms with Gasteiger partial charge in [0.15, 0.2) is 0 Å². The Balaban J connectivity index is 2.28. The number of rotatable bonds is 5. The highest BCUT2D eigenvalue weighted by molar-refractivity contribution is 5.81. The minimum absolute atomic E-state index is 0.0457. The van der Waals surface area contributed by atoms with Gasteiger partial charge in [-0.3, -0.25) is 9.59 Å².